The van der Waals surface area contributed by atoms with Crippen molar-refractivity contribution < 1.29 is 4.79 Å². The van der Waals surface area contributed by atoms with E-state index in [1.807, 2.05) is 42.5 Å². The molecule has 1 aliphatic rings. The molecule has 5 rings (SSSR count). The second-order valence-corrected chi connectivity index (χ2v) is 10.1. The van der Waals surface area contributed by atoms with Gasteiger partial charge in [-0.1, -0.05) is 63.1 Å². The maximum absolute atomic E-state index is 12.5. The first-order valence-corrected chi connectivity index (χ1v) is 12.2. The van der Waals surface area contributed by atoms with E-state index >= 15 is 0 Å². The molecule has 1 aromatic heterocycles. The largest absolute Gasteiger partial charge is 0.375 e. The predicted molar refractivity (Wildman–Crippen MR) is 130 cm³/mol. The highest BCUT2D eigenvalue weighted by Crippen LogP contribution is 2.45. The van der Waals surface area contributed by atoms with Gasteiger partial charge in [-0.25, -0.2) is 4.99 Å². The zero-order chi connectivity index (χ0) is 21.4. The van der Waals surface area contributed by atoms with Crippen molar-refractivity contribution in [3.8, 4) is 11.1 Å². The molecule has 0 aliphatic carbocycles. The van der Waals surface area contributed by atoms with E-state index in [1.54, 1.807) is 32.8 Å². The maximum Gasteiger partial charge on any atom is 0.255 e. The van der Waals surface area contributed by atoms with Crippen LogP contribution in [-0.2, 0) is 5.54 Å². The molecule has 0 bridgehead atoms. The summed E-state index contributed by atoms with van der Waals surface area (Å²) in [6, 6.07) is 25.3. The first-order chi connectivity index (χ1) is 15.0. The lowest BCUT2D eigenvalue weighted by atomic mass is 9.90. The summed E-state index contributed by atoms with van der Waals surface area (Å²) in [6.45, 7) is 4.41. The van der Waals surface area contributed by atoms with Crippen LogP contribution < -0.4 is 15.3 Å². The average molecular weight is 444 g/mol. The van der Waals surface area contributed by atoms with Crippen molar-refractivity contribution in [1.82, 2.24) is 0 Å². The Bertz CT molecular complexity index is 1340. The number of rotatable bonds is 3. The summed E-state index contributed by atoms with van der Waals surface area (Å²) in [6.07, 6.45) is 0. The molecule has 0 radical (unpaired) electrons. The number of hydrogen-bond acceptors (Lipinski definition) is 5. The van der Waals surface area contributed by atoms with E-state index in [1.165, 1.54) is 16.0 Å². The highest BCUT2D eigenvalue weighted by Gasteiger charge is 2.33. The normalized spacial score (nSPS) is 14.3. The van der Waals surface area contributed by atoms with E-state index in [9.17, 15) is 4.79 Å². The molecule has 0 saturated carbocycles. The van der Waals surface area contributed by atoms with Crippen LogP contribution in [0.15, 0.2) is 83.9 Å². The Labute approximate surface area is 188 Å². The van der Waals surface area contributed by atoms with Crippen LogP contribution in [0.25, 0.3) is 11.1 Å². The Morgan fingerprint density at radius 2 is 1.71 bits per heavy atom. The van der Waals surface area contributed by atoms with Crippen LogP contribution in [0.1, 0.15) is 29.1 Å². The molecule has 1 amide bonds. The summed E-state index contributed by atoms with van der Waals surface area (Å²) in [5, 5.41) is 6.61. The first kappa shape index (κ1) is 19.7. The number of amides is 1. The van der Waals surface area contributed by atoms with Gasteiger partial charge < -0.3 is 10.6 Å². The van der Waals surface area contributed by atoms with E-state index < -0.39 is 0 Å². The molecule has 0 atom stereocenters. The quantitative estimate of drug-likeness (QED) is 0.350. The zero-order valence-electron chi connectivity index (χ0n) is 17.2. The number of nitrogens with one attached hydrogen (secondary N) is 2. The van der Waals surface area contributed by atoms with Crippen LogP contribution in [0.2, 0.25) is 0 Å². The molecule has 31 heavy (non-hydrogen) atoms. The molecule has 0 spiro atoms. The van der Waals surface area contributed by atoms with Gasteiger partial charge in [-0.05, 0) is 50.2 Å². The van der Waals surface area contributed by atoms with Gasteiger partial charge >= 0.3 is 0 Å². The Morgan fingerprint density at radius 1 is 0.935 bits per heavy atom. The molecule has 2 heterocycles. The Morgan fingerprint density at radius 3 is 2.55 bits per heavy atom. The van der Waals surface area contributed by atoms with Crippen LogP contribution in [0.3, 0.4) is 0 Å². The van der Waals surface area contributed by atoms with Gasteiger partial charge in [0.25, 0.3) is 5.91 Å². The standard InChI is InChI=1S/C25H21N3OS2/c1-25(2)22-21(19-13-6-7-14-20(19)28-25)24(31-30-22)27-18-12-8-11-17(15-18)26-23(29)16-9-4-3-5-10-16/h3-15,28H,1-2H3,(H,26,29). The van der Waals surface area contributed by atoms with Gasteiger partial charge in [-0.2, -0.15) is 0 Å². The van der Waals surface area contributed by atoms with Crippen LogP contribution in [0.4, 0.5) is 17.1 Å². The molecule has 4 nitrogen and oxygen atoms in total. The third kappa shape index (κ3) is 3.80. The fourth-order valence-electron chi connectivity index (χ4n) is 3.76. The summed E-state index contributed by atoms with van der Waals surface area (Å²) in [5.41, 5.74) is 5.54. The molecule has 1 aliphatic heterocycles. The number of fused-ring (bicyclic) bond motifs is 3. The highest BCUT2D eigenvalue weighted by molar-refractivity contribution is 7.68. The lowest BCUT2D eigenvalue weighted by Gasteiger charge is -2.33. The Hall–Kier alpha value is -3.22. The van der Waals surface area contributed by atoms with Crippen LogP contribution in [0.5, 0.6) is 0 Å². The third-order valence-electron chi connectivity index (χ3n) is 5.23. The van der Waals surface area contributed by atoms with E-state index in [2.05, 4.69) is 48.7 Å². The summed E-state index contributed by atoms with van der Waals surface area (Å²) in [4.78, 5) is 18.8. The smallest absolute Gasteiger partial charge is 0.255 e. The number of benzene rings is 3. The van der Waals surface area contributed by atoms with Crippen LogP contribution in [-0.4, -0.2) is 5.91 Å². The fourth-order valence-corrected chi connectivity index (χ4v) is 6.69. The van der Waals surface area contributed by atoms with Crippen LogP contribution >= 0.6 is 20.7 Å². The van der Waals surface area contributed by atoms with Crippen molar-refractivity contribution in [2.75, 3.05) is 10.6 Å². The summed E-state index contributed by atoms with van der Waals surface area (Å²) >= 11 is 0. The summed E-state index contributed by atoms with van der Waals surface area (Å²) in [5.74, 6) is -0.129. The average Bonchev–Trinajstić information content (AvgIpc) is 3.19. The molecule has 4 aromatic rings. The molecule has 0 fully saturated rings. The predicted octanol–water partition coefficient (Wildman–Crippen LogP) is 6.62. The number of anilines is 2. The van der Waals surface area contributed by atoms with Crippen molar-refractivity contribution in [2.24, 2.45) is 4.99 Å². The van der Waals surface area contributed by atoms with E-state index in [0.717, 1.165) is 21.7 Å². The monoisotopic (exact) mass is 443 g/mol. The molecule has 2 N–H and O–H groups in total. The Balaban J connectivity index is 1.53. The van der Waals surface area contributed by atoms with Gasteiger partial charge in [0.1, 0.15) is 4.67 Å². The number of nitrogens with zero attached hydrogens (tertiary/aromatic N) is 1. The number of hydrogen-bond donors (Lipinski definition) is 2. The third-order valence-corrected chi connectivity index (χ3v) is 7.87. The zero-order valence-corrected chi connectivity index (χ0v) is 18.8. The second-order valence-electron chi connectivity index (χ2n) is 7.95. The Kier molecular flexibility index (Phi) is 4.96. The molecule has 3 aromatic carbocycles. The summed E-state index contributed by atoms with van der Waals surface area (Å²) in [7, 11) is 3.46. The second kappa shape index (κ2) is 7.80. The van der Waals surface area contributed by atoms with Gasteiger partial charge in [0, 0.05) is 28.1 Å². The lowest BCUT2D eigenvalue weighted by molar-refractivity contribution is 0.102. The van der Waals surface area contributed by atoms with Gasteiger partial charge in [0.15, 0.2) is 0 Å². The maximum atomic E-state index is 12.5. The molecule has 6 heteroatoms. The minimum atomic E-state index is -0.149. The van der Waals surface area contributed by atoms with Crippen molar-refractivity contribution >= 4 is 43.7 Å². The number of carbonyl (C=O) groups is 1. The van der Waals surface area contributed by atoms with Gasteiger partial charge in [0.05, 0.1) is 16.1 Å². The molecule has 0 unspecified atom stereocenters. The fraction of sp³-hybridized carbons (Fsp3) is 0.120. The van der Waals surface area contributed by atoms with E-state index in [-0.39, 0.29) is 11.4 Å². The van der Waals surface area contributed by atoms with Crippen LogP contribution in [0, 0.1) is 0 Å². The van der Waals surface area contributed by atoms with Gasteiger partial charge in [-0.15, -0.1) is 0 Å². The molecule has 0 saturated heterocycles. The van der Waals surface area contributed by atoms with Crippen molar-refractivity contribution in [3.63, 3.8) is 0 Å². The molecular formula is C25H21N3OS2. The van der Waals surface area contributed by atoms with E-state index in [0.29, 0.717) is 5.56 Å². The van der Waals surface area contributed by atoms with Gasteiger partial charge in [-0.3, -0.25) is 4.79 Å². The minimum Gasteiger partial charge on any atom is -0.375 e. The molecule has 154 valence electrons. The SMILES string of the molecule is CC1(C)Nc2ccccc2-c2c1ssc2=Nc1cccc(NC(=O)c2ccccc2)c1. The number of carbonyl (C=O) groups excluding carboxylic acids is 1. The topological polar surface area (TPSA) is 53.5 Å². The highest BCUT2D eigenvalue weighted by atomic mass is 32.9. The van der Waals surface area contributed by atoms with Crippen molar-refractivity contribution in [3.05, 3.63) is 94.0 Å². The van der Waals surface area contributed by atoms with Crippen molar-refractivity contribution in [2.45, 2.75) is 19.4 Å². The van der Waals surface area contributed by atoms with Gasteiger partial charge in [0.2, 0.25) is 0 Å². The summed E-state index contributed by atoms with van der Waals surface area (Å²) < 4.78 is 0.994. The minimum absolute atomic E-state index is 0.129. The van der Waals surface area contributed by atoms with Crippen molar-refractivity contribution in [1.29, 1.82) is 0 Å². The van der Waals surface area contributed by atoms with E-state index in [4.69, 9.17) is 4.99 Å². The lowest BCUT2D eigenvalue weighted by Crippen LogP contribution is -2.31. The molecular weight excluding hydrogens is 422 g/mol. The first-order valence-electron chi connectivity index (χ1n) is 10.0. The number of para-hydroxylation sites is 1.